The molecular weight excluding hydrogens is 501 g/mol. The van der Waals surface area contributed by atoms with Crippen molar-refractivity contribution in [1.29, 1.82) is 0 Å². The topological polar surface area (TPSA) is 114 Å². The van der Waals surface area contributed by atoms with Crippen molar-refractivity contribution in [2.75, 3.05) is 28.5 Å². The summed E-state index contributed by atoms with van der Waals surface area (Å²) in [7, 11) is -1.90. The number of hydrogen-bond acceptors (Lipinski definition) is 6. The summed E-state index contributed by atoms with van der Waals surface area (Å²) >= 11 is 0. The Labute approximate surface area is 217 Å². The van der Waals surface area contributed by atoms with E-state index < -0.39 is 51.9 Å². The Morgan fingerprint density at radius 3 is 2.54 bits per heavy atom. The van der Waals surface area contributed by atoms with E-state index in [0.717, 1.165) is 37.0 Å². The van der Waals surface area contributed by atoms with Crippen molar-refractivity contribution in [2.24, 2.45) is 0 Å². The number of carbonyl (C=O) groups is 3. The maximum absolute atomic E-state index is 14.7. The van der Waals surface area contributed by atoms with Crippen molar-refractivity contribution >= 4 is 39.9 Å². The summed E-state index contributed by atoms with van der Waals surface area (Å²) in [4.78, 5) is 39.7. The largest absolute Gasteiger partial charge is 0.454 e. The van der Waals surface area contributed by atoms with Gasteiger partial charge in [-0.15, -0.1) is 0 Å². The van der Waals surface area contributed by atoms with Gasteiger partial charge in [-0.2, -0.15) is 0 Å². The monoisotopic (exact) mass is 531 g/mol. The zero-order valence-electron chi connectivity index (χ0n) is 20.5. The Hall–Kier alpha value is -3.47. The van der Waals surface area contributed by atoms with Gasteiger partial charge < -0.3 is 20.1 Å². The van der Waals surface area contributed by atoms with E-state index in [1.54, 1.807) is 24.3 Å². The first-order valence-electron chi connectivity index (χ1n) is 12.2. The highest BCUT2D eigenvalue weighted by atomic mass is 32.2. The number of nitrogens with one attached hydrogen (secondary N) is 2. The summed E-state index contributed by atoms with van der Waals surface area (Å²) in [6, 6.07) is 9.44. The van der Waals surface area contributed by atoms with Crippen molar-refractivity contribution in [3.05, 3.63) is 48.3 Å². The fourth-order valence-corrected chi connectivity index (χ4v) is 5.35. The lowest BCUT2D eigenvalue weighted by molar-refractivity contribution is -0.126. The molecule has 37 heavy (non-hydrogen) atoms. The van der Waals surface area contributed by atoms with Gasteiger partial charge in [0.2, 0.25) is 24.5 Å². The van der Waals surface area contributed by atoms with Crippen molar-refractivity contribution in [2.45, 2.75) is 51.1 Å². The predicted molar refractivity (Wildman–Crippen MR) is 137 cm³/mol. The maximum Gasteiger partial charge on any atom is 0.243 e. The maximum atomic E-state index is 14.7. The van der Waals surface area contributed by atoms with Gasteiger partial charge in [-0.3, -0.25) is 23.5 Å². The minimum atomic E-state index is -1.90. The summed E-state index contributed by atoms with van der Waals surface area (Å²) in [6.45, 7) is 1.60. The summed E-state index contributed by atoms with van der Waals surface area (Å²) in [5.41, 5.74) is 0.346. The molecule has 1 aliphatic heterocycles. The van der Waals surface area contributed by atoms with E-state index in [4.69, 9.17) is 9.47 Å². The van der Waals surface area contributed by atoms with Crippen LogP contribution in [0.2, 0.25) is 0 Å². The predicted octanol–water partition coefficient (Wildman–Crippen LogP) is 3.11. The number of rotatable bonds is 9. The molecule has 0 saturated heterocycles. The zero-order valence-corrected chi connectivity index (χ0v) is 21.4. The van der Waals surface area contributed by atoms with Crippen LogP contribution in [0.1, 0.15) is 39.0 Å². The second kappa shape index (κ2) is 12.2. The van der Waals surface area contributed by atoms with E-state index >= 15 is 0 Å². The zero-order chi connectivity index (χ0) is 26.4. The molecule has 0 unspecified atom stereocenters. The lowest BCUT2D eigenvalue weighted by atomic mass is 9.95. The average Bonchev–Trinajstić information content (AvgIpc) is 3.33. The summed E-state index contributed by atoms with van der Waals surface area (Å²) < 4.78 is 37.9. The SMILES string of the molecule is C[C@H](C(=O)NC1CCCCC1)N(C(=O)C[S@@](=O)CC(=O)Nc1ccc2c(c1)OCO2)c1ccccc1F. The highest BCUT2D eigenvalue weighted by Crippen LogP contribution is 2.34. The first-order chi connectivity index (χ1) is 17.8. The molecule has 0 aromatic heterocycles. The molecule has 2 aromatic rings. The van der Waals surface area contributed by atoms with Crippen molar-refractivity contribution in [1.82, 2.24) is 5.32 Å². The second-order valence-electron chi connectivity index (χ2n) is 9.08. The molecular formula is C26H30FN3O6S. The molecule has 1 saturated carbocycles. The molecule has 1 fully saturated rings. The fraction of sp³-hybridized carbons (Fsp3) is 0.423. The van der Waals surface area contributed by atoms with E-state index in [2.05, 4.69) is 10.6 Å². The fourth-order valence-electron chi connectivity index (χ4n) is 4.47. The van der Waals surface area contributed by atoms with Crippen LogP contribution in [0.4, 0.5) is 15.8 Å². The van der Waals surface area contributed by atoms with Gasteiger partial charge in [0.05, 0.1) is 5.69 Å². The van der Waals surface area contributed by atoms with Gasteiger partial charge in [0.25, 0.3) is 0 Å². The standard InChI is InChI=1S/C26H30FN3O6S/c1-17(26(33)29-18-7-3-2-4-8-18)30(21-10-6-5-9-20(21)27)25(32)15-37(34)14-24(31)28-19-11-12-22-23(13-19)36-16-35-22/h5-6,9-13,17-18H,2-4,7-8,14-16H2,1H3,(H,28,31)(H,29,33)/t17-,37+/m1/s1. The lowest BCUT2D eigenvalue weighted by Crippen LogP contribution is -2.52. The molecule has 2 aliphatic rings. The number of carbonyl (C=O) groups excluding carboxylic acids is 3. The van der Waals surface area contributed by atoms with Crippen molar-refractivity contribution in [3.8, 4) is 11.5 Å². The van der Waals surface area contributed by atoms with Crippen LogP contribution < -0.4 is 25.0 Å². The smallest absolute Gasteiger partial charge is 0.243 e. The van der Waals surface area contributed by atoms with Crippen LogP contribution >= 0.6 is 0 Å². The molecule has 2 aromatic carbocycles. The first-order valence-corrected chi connectivity index (χ1v) is 13.7. The van der Waals surface area contributed by atoms with E-state index in [9.17, 15) is 23.0 Å². The molecule has 0 bridgehead atoms. The van der Waals surface area contributed by atoms with Gasteiger partial charge in [-0.1, -0.05) is 31.4 Å². The number of halogens is 1. The average molecular weight is 532 g/mol. The second-order valence-corrected chi connectivity index (χ2v) is 10.5. The lowest BCUT2D eigenvalue weighted by Gasteiger charge is -2.31. The highest BCUT2D eigenvalue weighted by molar-refractivity contribution is 7.86. The molecule has 4 rings (SSSR count). The van der Waals surface area contributed by atoms with Crippen LogP contribution in [0.25, 0.3) is 0 Å². The van der Waals surface area contributed by atoms with E-state index in [1.165, 1.54) is 25.1 Å². The molecule has 0 radical (unpaired) electrons. The minimum absolute atomic E-state index is 0.00952. The Kier molecular flexibility index (Phi) is 8.75. The van der Waals surface area contributed by atoms with Gasteiger partial charge in [-0.25, -0.2) is 4.39 Å². The summed E-state index contributed by atoms with van der Waals surface area (Å²) in [5.74, 6) is -2.33. The number of nitrogens with zero attached hydrogens (tertiary/aromatic N) is 1. The molecule has 2 N–H and O–H groups in total. The van der Waals surface area contributed by atoms with Crippen molar-refractivity contribution < 1.29 is 32.5 Å². The van der Waals surface area contributed by atoms with Crippen LogP contribution in [0, 0.1) is 5.82 Å². The number of para-hydroxylation sites is 1. The number of benzene rings is 2. The van der Waals surface area contributed by atoms with E-state index in [1.807, 2.05) is 0 Å². The Morgan fingerprint density at radius 1 is 1.05 bits per heavy atom. The molecule has 0 spiro atoms. The van der Waals surface area contributed by atoms with Crippen LogP contribution in [-0.4, -0.2) is 52.3 Å². The Balaban J connectivity index is 1.40. The van der Waals surface area contributed by atoms with Crippen LogP contribution in [0.5, 0.6) is 11.5 Å². The number of amides is 3. The Morgan fingerprint density at radius 2 is 1.78 bits per heavy atom. The number of anilines is 2. The van der Waals surface area contributed by atoms with Gasteiger partial charge >= 0.3 is 0 Å². The Bertz CT molecular complexity index is 1190. The number of fused-ring (bicyclic) bond motifs is 1. The van der Waals surface area contributed by atoms with Gasteiger partial charge in [0, 0.05) is 28.6 Å². The van der Waals surface area contributed by atoms with E-state index in [-0.39, 0.29) is 18.5 Å². The van der Waals surface area contributed by atoms with Crippen LogP contribution in [-0.2, 0) is 25.2 Å². The van der Waals surface area contributed by atoms with Gasteiger partial charge in [0.1, 0.15) is 23.4 Å². The van der Waals surface area contributed by atoms with E-state index in [0.29, 0.717) is 17.2 Å². The van der Waals surface area contributed by atoms with Crippen LogP contribution in [0.3, 0.4) is 0 Å². The highest BCUT2D eigenvalue weighted by Gasteiger charge is 2.31. The third kappa shape index (κ3) is 6.85. The minimum Gasteiger partial charge on any atom is -0.454 e. The summed E-state index contributed by atoms with van der Waals surface area (Å²) in [6.07, 6.45) is 4.87. The molecule has 2 atom stereocenters. The van der Waals surface area contributed by atoms with Gasteiger partial charge in [-0.05, 0) is 44.0 Å². The van der Waals surface area contributed by atoms with Gasteiger partial charge in [0.15, 0.2) is 11.5 Å². The number of ether oxygens (including phenoxy) is 2. The molecule has 11 heteroatoms. The molecule has 1 heterocycles. The van der Waals surface area contributed by atoms with Crippen LogP contribution in [0.15, 0.2) is 42.5 Å². The first kappa shape index (κ1) is 26.6. The third-order valence-electron chi connectivity index (χ3n) is 6.33. The molecule has 9 nitrogen and oxygen atoms in total. The molecule has 198 valence electrons. The normalized spacial score (nSPS) is 16.5. The quantitative estimate of drug-likeness (QED) is 0.514. The molecule has 1 aliphatic carbocycles. The third-order valence-corrected chi connectivity index (χ3v) is 7.48. The number of hydrogen-bond donors (Lipinski definition) is 2. The van der Waals surface area contributed by atoms with Crippen molar-refractivity contribution in [3.63, 3.8) is 0 Å². The summed E-state index contributed by atoms with van der Waals surface area (Å²) in [5, 5.41) is 5.58. The molecule has 3 amide bonds.